The summed E-state index contributed by atoms with van der Waals surface area (Å²) in [6.07, 6.45) is 1.16. The third kappa shape index (κ3) is 4.17. The van der Waals surface area contributed by atoms with E-state index in [-0.39, 0.29) is 11.3 Å². The number of aryl methyl sites for hydroxylation is 1. The van der Waals surface area contributed by atoms with Crippen LogP contribution in [0.1, 0.15) is 18.4 Å². The molecular weight excluding hydrogens is 292 g/mol. The quantitative estimate of drug-likeness (QED) is 0.775. The highest BCUT2D eigenvalue weighted by atomic mass is 32.2. The number of aromatic nitrogens is 2. The molecule has 20 heavy (non-hydrogen) atoms. The topological polar surface area (TPSA) is 49.3 Å². The van der Waals surface area contributed by atoms with Gasteiger partial charge in [0.2, 0.25) is 5.91 Å². The summed E-state index contributed by atoms with van der Waals surface area (Å²) in [6, 6.07) is 0. The van der Waals surface area contributed by atoms with Crippen molar-refractivity contribution in [2.75, 3.05) is 39.5 Å². The van der Waals surface area contributed by atoms with Gasteiger partial charge in [0.25, 0.3) is 0 Å². The van der Waals surface area contributed by atoms with Crippen LogP contribution in [0, 0.1) is 12.3 Å². The lowest BCUT2D eigenvalue weighted by Gasteiger charge is -2.29. The second kappa shape index (κ2) is 6.41. The zero-order valence-corrected chi connectivity index (χ0v) is 14.2. The van der Waals surface area contributed by atoms with E-state index in [0.29, 0.717) is 5.75 Å². The smallest absolute Gasteiger partial charge is 0.232 e. The van der Waals surface area contributed by atoms with Crippen molar-refractivity contribution in [2.24, 2.45) is 5.41 Å². The lowest BCUT2D eigenvalue weighted by atomic mass is 9.89. The van der Waals surface area contributed by atoms with E-state index in [1.807, 2.05) is 18.9 Å². The van der Waals surface area contributed by atoms with Gasteiger partial charge in [-0.05, 0) is 32.4 Å². The molecule has 1 atom stereocenters. The average Bonchev–Trinajstić information content (AvgIpc) is 2.92. The van der Waals surface area contributed by atoms with Crippen molar-refractivity contribution in [3.05, 3.63) is 5.01 Å². The van der Waals surface area contributed by atoms with Crippen molar-refractivity contribution in [1.29, 1.82) is 0 Å². The Labute approximate surface area is 128 Å². The summed E-state index contributed by atoms with van der Waals surface area (Å²) in [4.78, 5) is 16.4. The first-order valence-corrected chi connectivity index (χ1v) is 8.54. The number of amides is 1. The van der Waals surface area contributed by atoms with Crippen LogP contribution in [0.2, 0.25) is 0 Å². The molecular formula is C13H22N4OS2. The fourth-order valence-electron chi connectivity index (χ4n) is 2.63. The fourth-order valence-corrected chi connectivity index (χ4v) is 4.39. The Bertz CT molecular complexity index is 479. The van der Waals surface area contributed by atoms with Gasteiger partial charge in [-0.15, -0.1) is 10.2 Å². The van der Waals surface area contributed by atoms with E-state index >= 15 is 0 Å². The first-order chi connectivity index (χ1) is 9.38. The van der Waals surface area contributed by atoms with Gasteiger partial charge >= 0.3 is 0 Å². The highest BCUT2D eigenvalue weighted by Gasteiger charge is 2.33. The zero-order chi connectivity index (χ0) is 14.8. The van der Waals surface area contributed by atoms with E-state index in [9.17, 15) is 4.79 Å². The van der Waals surface area contributed by atoms with Crippen molar-refractivity contribution >= 4 is 29.0 Å². The van der Waals surface area contributed by atoms with E-state index in [1.54, 1.807) is 0 Å². The van der Waals surface area contributed by atoms with Crippen LogP contribution in [0.5, 0.6) is 0 Å². The summed E-state index contributed by atoms with van der Waals surface area (Å²) in [5, 5.41) is 8.93. The number of hydrogen-bond acceptors (Lipinski definition) is 6. The highest BCUT2D eigenvalue weighted by molar-refractivity contribution is 8.01. The number of thioether (sulfide) groups is 1. The predicted molar refractivity (Wildman–Crippen MR) is 83.2 cm³/mol. The third-order valence-electron chi connectivity index (χ3n) is 3.62. The highest BCUT2D eigenvalue weighted by Crippen LogP contribution is 2.30. The average molecular weight is 314 g/mol. The molecule has 1 fully saturated rings. The molecule has 1 saturated heterocycles. The maximum Gasteiger partial charge on any atom is 0.232 e. The van der Waals surface area contributed by atoms with Crippen LogP contribution in [-0.2, 0) is 4.79 Å². The van der Waals surface area contributed by atoms with Crippen molar-refractivity contribution in [2.45, 2.75) is 24.6 Å². The first-order valence-electron chi connectivity index (χ1n) is 6.73. The van der Waals surface area contributed by atoms with E-state index in [2.05, 4.69) is 29.1 Å². The molecule has 1 aromatic heterocycles. The molecule has 1 amide bonds. The molecule has 112 valence electrons. The molecule has 0 aromatic carbocycles. The Kier molecular flexibility index (Phi) is 5.04. The molecule has 0 radical (unpaired) electrons. The Balaban J connectivity index is 1.80. The number of hydrogen-bond donors (Lipinski definition) is 0. The van der Waals surface area contributed by atoms with E-state index in [0.717, 1.165) is 35.4 Å². The van der Waals surface area contributed by atoms with E-state index < -0.39 is 0 Å². The number of carbonyl (C=O) groups excluding carboxylic acids is 1. The Morgan fingerprint density at radius 1 is 1.55 bits per heavy atom. The molecule has 0 bridgehead atoms. The Morgan fingerprint density at radius 2 is 2.30 bits per heavy atom. The largest absolute Gasteiger partial charge is 0.344 e. The van der Waals surface area contributed by atoms with Gasteiger partial charge in [0.1, 0.15) is 5.01 Å². The van der Waals surface area contributed by atoms with Gasteiger partial charge in [-0.1, -0.05) is 30.0 Å². The normalized spacial score (nSPS) is 23.2. The third-order valence-corrected chi connectivity index (χ3v) is 5.58. The molecule has 5 nitrogen and oxygen atoms in total. The van der Waals surface area contributed by atoms with E-state index in [4.69, 9.17) is 0 Å². The molecule has 0 aliphatic carbocycles. The summed E-state index contributed by atoms with van der Waals surface area (Å²) < 4.78 is 0.871. The van der Waals surface area contributed by atoms with Crippen LogP contribution in [-0.4, -0.2) is 65.4 Å². The van der Waals surface area contributed by atoms with Gasteiger partial charge in [-0.25, -0.2) is 0 Å². The summed E-state index contributed by atoms with van der Waals surface area (Å²) in [5.74, 6) is 0.607. The summed E-state index contributed by atoms with van der Waals surface area (Å²) in [5.41, 5.74) is 0.225. The van der Waals surface area contributed by atoms with Crippen LogP contribution in [0.3, 0.4) is 0 Å². The molecule has 2 heterocycles. The first kappa shape index (κ1) is 15.7. The van der Waals surface area contributed by atoms with Crippen molar-refractivity contribution in [3.63, 3.8) is 0 Å². The van der Waals surface area contributed by atoms with Crippen LogP contribution in [0.25, 0.3) is 0 Å². The minimum Gasteiger partial charge on any atom is -0.344 e. The van der Waals surface area contributed by atoms with Crippen LogP contribution >= 0.6 is 23.1 Å². The lowest BCUT2D eigenvalue weighted by molar-refractivity contribution is -0.128. The minimum absolute atomic E-state index is 0.165. The predicted octanol–water partition coefficient (Wildman–Crippen LogP) is 1.74. The zero-order valence-electron chi connectivity index (χ0n) is 12.5. The van der Waals surface area contributed by atoms with Gasteiger partial charge in [0.15, 0.2) is 4.34 Å². The van der Waals surface area contributed by atoms with E-state index in [1.165, 1.54) is 23.1 Å². The molecule has 0 N–H and O–H groups in total. The molecule has 1 aliphatic heterocycles. The summed E-state index contributed by atoms with van der Waals surface area (Å²) >= 11 is 3.02. The standard InChI is InChI=1S/C13H22N4OS2/c1-10-14-15-12(20-10)19-7-11(18)17(4)9-13(2)5-6-16(3)8-13/h5-9H2,1-4H3/t13-/m1/s1. The van der Waals surface area contributed by atoms with Crippen LogP contribution in [0.15, 0.2) is 4.34 Å². The van der Waals surface area contributed by atoms with Gasteiger partial charge in [0, 0.05) is 20.1 Å². The molecule has 7 heteroatoms. The molecule has 0 unspecified atom stereocenters. The maximum absolute atomic E-state index is 12.2. The second-order valence-electron chi connectivity index (χ2n) is 5.92. The number of rotatable bonds is 5. The SMILES string of the molecule is Cc1nnc(SCC(=O)N(C)C[C@]2(C)CCN(C)C2)s1. The van der Waals surface area contributed by atoms with Crippen LogP contribution in [0.4, 0.5) is 0 Å². The number of carbonyl (C=O) groups is 1. The van der Waals surface area contributed by atoms with Gasteiger partial charge < -0.3 is 9.80 Å². The van der Waals surface area contributed by atoms with Gasteiger partial charge in [-0.2, -0.15) is 0 Å². The van der Waals surface area contributed by atoms with Crippen molar-refractivity contribution < 1.29 is 4.79 Å². The monoisotopic (exact) mass is 314 g/mol. The Hall–Kier alpha value is -0.660. The molecule has 2 rings (SSSR count). The summed E-state index contributed by atoms with van der Waals surface area (Å²) in [7, 11) is 4.04. The number of likely N-dealkylation sites (tertiary alicyclic amines) is 1. The Morgan fingerprint density at radius 3 is 2.85 bits per heavy atom. The molecule has 1 aromatic rings. The van der Waals surface area contributed by atoms with Gasteiger partial charge in [0.05, 0.1) is 5.75 Å². The molecule has 0 spiro atoms. The molecule has 1 aliphatic rings. The minimum atomic E-state index is 0.165. The molecule has 0 saturated carbocycles. The lowest BCUT2D eigenvalue weighted by Crippen LogP contribution is -2.39. The van der Waals surface area contributed by atoms with Gasteiger partial charge in [-0.3, -0.25) is 4.79 Å². The summed E-state index contributed by atoms with van der Waals surface area (Å²) in [6.45, 7) is 7.20. The number of nitrogens with zero attached hydrogens (tertiary/aromatic N) is 4. The van der Waals surface area contributed by atoms with Crippen molar-refractivity contribution in [3.8, 4) is 0 Å². The maximum atomic E-state index is 12.2. The second-order valence-corrected chi connectivity index (χ2v) is 8.33. The van der Waals surface area contributed by atoms with Crippen LogP contribution < -0.4 is 0 Å². The fraction of sp³-hybridized carbons (Fsp3) is 0.769. The van der Waals surface area contributed by atoms with Crippen molar-refractivity contribution in [1.82, 2.24) is 20.0 Å².